The molecule has 1 amide bonds. The summed E-state index contributed by atoms with van der Waals surface area (Å²) < 4.78 is 7.03. The molecule has 0 spiro atoms. The van der Waals surface area contributed by atoms with Gasteiger partial charge in [-0.15, -0.1) is 0 Å². The Hall–Kier alpha value is -2.34. The lowest BCUT2D eigenvalue weighted by molar-refractivity contribution is -0.117. The number of hydrogen-bond acceptors (Lipinski definition) is 4. The van der Waals surface area contributed by atoms with Crippen LogP contribution in [0.2, 0.25) is 5.02 Å². The van der Waals surface area contributed by atoms with E-state index in [1.54, 1.807) is 49.8 Å². The van der Waals surface area contributed by atoms with Crippen LogP contribution in [-0.4, -0.2) is 34.6 Å². The Labute approximate surface area is 139 Å². The first-order chi connectivity index (χ1) is 10.9. The number of ketones is 1. The van der Waals surface area contributed by atoms with Crippen LogP contribution in [0.4, 0.5) is 0 Å². The lowest BCUT2D eigenvalue weighted by atomic mass is 10.1. The van der Waals surface area contributed by atoms with Crippen molar-refractivity contribution in [1.29, 1.82) is 0 Å². The van der Waals surface area contributed by atoms with E-state index in [1.807, 2.05) is 0 Å². The Balaban J connectivity index is 1.85. The molecule has 2 aromatic rings. The molecule has 0 aliphatic rings. The summed E-state index contributed by atoms with van der Waals surface area (Å²) in [5, 5.41) is 7.31. The van der Waals surface area contributed by atoms with Crippen LogP contribution in [0, 0.1) is 13.8 Å². The fourth-order valence-electron chi connectivity index (χ4n) is 2.16. The van der Waals surface area contributed by atoms with Gasteiger partial charge >= 0.3 is 0 Å². The third kappa shape index (κ3) is 4.10. The van der Waals surface area contributed by atoms with Crippen molar-refractivity contribution in [2.24, 2.45) is 7.05 Å². The second kappa shape index (κ2) is 7.28. The number of hydrogen-bond donors (Lipinski definition) is 1. The van der Waals surface area contributed by atoms with Crippen LogP contribution in [0.5, 0.6) is 5.75 Å². The second-order valence-electron chi connectivity index (χ2n) is 5.06. The highest BCUT2D eigenvalue weighted by Crippen LogP contribution is 2.15. The molecule has 1 aromatic carbocycles. The van der Waals surface area contributed by atoms with E-state index in [1.165, 1.54) is 0 Å². The monoisotopic (exact) mass is 335 g/mol. The zero-order chi connectivity index (χ0) is 17.0. The van der Waals surface area contributed by atoms with Gasteiger partial charge in [0.1, 0.15) is 12.4 Å². The Bertz CT molecular complexity index is 723. The van der Waals surface area contributed by atoms with Crippen LogP contribution in [0.3, 0.4) is 0 Å². The minimum Gasteiger partial charge on any atom is -0.492 e. The number of ether oxygens (including phenoxy) is 1. The summed E-state index contributed by atoms with van der Waals surface area (Å²) in [5.74, 6) is -0.600. The molecular weight excluding hydrogens is 318 g/mol. The topological polar surface area (TPSA) is 73.2 Å². The number of carbonyl (C=O) groups excluding carboxylic acids is 2. The molecule has 1 N–H and O–H groups in total. The molecule has 0 atom stereocenters. The molecule has 0 bridgehead atoms. The lowest BCUT2D eigenvalue weighted by Crippen LogP contribution is -2.34. The summed E-state index contributed by atoms with van der Waals surface area (Å²) in [4.78, 5) is 24.1. The SMILES string of the molecule is Cc1nn(C)c(C)c1C(=O)C(=O)NCCOc1ccc(Cl)cc1. The first kappa shape index (κ1) is 17.0. The van der Waals surface area contributed by atoms with Crippen LogP contribution < -0.4 is 10.1 Å². The van der Waals surface area contributed by atoms with E-state index in [0.717, 1.165) is 0 Å². The van der Waals surface area contributed by atoms with E-state index in [2.05, 4.69) is 10.4 Å². The molecule has 0 radical (unpaired) electrons. The van der Waals surface area contributed by atoms with Crippen LogP contribution in [0.1, 0.15) is 21.7 Å². The second-order valence-corrected chi connectivity index (χ2v) is 5.49. The number of aromatic nitrogens is 2. The highest BCUT2D eigenvalue weighted by Gasteiger charge is 2.23. The lowest BCUT2D eigenvalue weighted by Gasteiger charge is -2.07. The van der Waals surface area contributed by atoms with Gasteiger partial charge in [-0.2, -0.15) is 5.10 Å². The normalized spacial score (nSPS) is 10.4. The third-order valence-electron chi connectivity index (χ3n) is 3.41. The molecule has 1 aromatic heterocycles. The summed E-state index contributed by atoms with van der Waals surface area (Å²) >= 11 is 5.78. The minimum absolute atomic E-state index is 0.228. The molecule has 23 heavy (non-hydrogen) atoms. The Morgan fingerprint density at radius 2 is 1.91 bits per heavy atom. The summed E-state index contributed by atoms with van der Waals surface area (Å²) in [7, 11) is 1.73. The Morgan fingerprint density at radius 3 is 2.48 bits per heavy atom. The molecule has 2 rings (SSSR count). The van der Waals surface area contributed by atoms with E-state index in [4.69, 9.17) is 16.3 Å². The van der Waals surface area contributed by atoms with Gasteiger partial charge in [0, 0.05) is 17.8 Å². The highest BCUT2D eigenvalue weighted by atomic mass is 35.5. The summed E-state index contributed by atoms with van der Waals surface area (Å²) in [6.45, 7) is 3.94. The maximum Gasteiger partial charge on any atom is 0.292 e. The molecule has 6 nitrogen and oxygen atoms in total. The maximum absolute atomic E-state index is 12.2. The molecular formula is C16H18ClN3O3. The number of benzene rings is 1. The van der Waals surface area contributed by atoms with E-state index in [9.17, 15) is 9.59 Å². The van der Waals surface area contributed by atoms with Crippen molar-refractivity contribution >= 4 is 23.3 Å². The van der Waals surface area contributed by atoms with Crippen LogP contribution in [-0.2, 0) is 11.8 Å². The van der Waals surface area contributed by atoms with Crippen molar-refractivity contribution in [3.05, 3.63) is 46.2 Å². The molecule has 0 fully saturated rings. The highest BCUT2D eigenvalue weighted by molar-refractivity contribution is 6.43. The molecule has 0 aliphatic carbocycles. The van der Waals surface area contributed by atoms with Crippen molar-refractivity contribution in [3.8, 4) is 5.75 Å². The van der Waals surface area contributed by atoms with Crippen molar-refractivity contribution in [3.63, 3.8) is 0 Å². The zero-order valence-electron chi connectivity index (χ0n) is 13.2. The maximum atomic E-state index is 12.2. The van der Waals surface area contributed by atoms with Gasteiger partial charge < -0.3 is 10.1 Å². The fourth-order valence-corrected chi connectivity index (χ4v) is 2.29. The van der Waals surface area contributed by atoms with Crippen molar-refractivity contribution in [1.82, 2.24) is 15.1 Å². The van der Waals surface area contributed by atoms with E-state index in [-0.39, 0.29) is 13.2 Å². The van der Waals surface area contributed by atoms with Crippen molar-refractivity contribution < 1.29 is 14.3 Å². The number of nitrogens with one attached hydrogen (secondary N) is 1. The Kier molecular flexibility index (Phi) is 5.39. The first-order valence-electron chi connectivity index (χ1n) is 7.11. The fraction of sp³-hybridized carbons (Fsp3) is 0.312. The summed E-state index contributed by atoms with van der Waals surface area (Å²) in [5.41, 5.74) is 1.56. The van der Waals surface area contributed by atoms with Crippen LogP contribution in [0.15, 0.2) is 24.3 Å². The molecule has 0 saturated heterocycles. The average molecular weight is 336 g/mol. The number of aryl methyl sites for hydroxylation is 2. The van der Waals surface area contributed by atoms with E-state index < -0.39 is 11.7 Å². The van der Waals surface area contributed by atoms with Gasteiger partial charge in [-0.05, 0) is 38.1 Å². The molecule has 0 unspecified atom stereocenters. The van der Waals surface area contributed by atoms with E-state index in [0.29, 0.717) is 27.7 Å². The average Bonchev–Trinajstić information content (AvgIpc) is 2.77. The third-order valence-corrected chi connectivity index (χ3v) is 3.66. The number of halogens is 1. The first-order valence-corrected chi connectivity index (χ1v) is 7.49. The molecule has 1 heterocycles. The molecule has 122 valence electrons. The zero-order valence-corrected chi connectivity index (χ0v) is 14.0. The molecule has 7 heteroatoms. The van der Waals surface area contributed by atoms with Crippen molar-refractivity contribution in [2.75, 3.05) is 13.2 Å². The number of nitrogens with zero attached hydrogens (tertiary/aromatic N) is 2. The molecule has 0 saturated carbocycles. The van der Waals surface area contributed by atoms with Crippen LogP contribution in [0.25, 0.3) is 0 Å². The van der Waals surface area contributed by atoms with Crippen molar-refractivity contribution in [2.45, 2.75) is 13.8 Å². The van der Waals surface area contributed by atoms with Gasteiger partial charge in [0.2, 0.25) is 0 Å². The van der Waals surface area contributed by atoms with Crippen LogP contribution >= 0.6 is 11.6 Å². The Morgan fingerprint density at radius 1 is 1.26 bits per heavy atom. The minimum atomic E-state index is -0.663. The van der Waals surface area contributed by atoms with Gasteiger partial charge in [-0.25, -0.2) is 0 Å². The number of amides is 1. The quantitative estimate of drug-likeness (QED) is 0.498. The van der Waals surface area contributed by atoms with Gasteiger partial charge in [0.25, 0.3) is 11.7 Å². The van der Waals surface area contributed by atoms with Gasteiger partial charge in [-0.1, -0.05) is 11.6 Å². The smallest absolute Gasteiger partial charge is 0.292 e. The predicted molar refractivity (Wildman–Crippen MR) is 87.0 cm³/mol. The number of rotatable bonds is 6. The largest absolute Gasteiger partial charge is 0.492 e. The number of Topliss-reactive ketones (excluding diaryl/α,β-unsaturated/α-hetero) is 1. The molecule has 0 aliphatic heterocycles. The standard InChI is InChI=1S/C16H18ClN3O3/c1-10-14(11(2)20(3)19-10)15(21)16(22)18-8-9-23-13-6-4-12(17)5-7-13/h4-7H,8-9H2,1-3H3,(H,18,22). The van der Waals surface area contributed by atoms with Gasteiger partial charge in [0.05, 0.1) is 17.8 Å². The van der Waals surface area contributed by atoms with E-state index >= 15 is 0 Å². The summed E-state index contributed by atoms with van der Waals surface area (Å²) in [6.07, 6.45) is 0. The predicted octanol–water partition coefficient (Wildman–Crippen LogP) is 2.07. The van der Waals surface area contributed by atoms with Gasteiger partial charge in [0.15, 0.2) is 0 Å². The van der Waals surface area contributed by atoms with Gasteiger partial charge in [-0.3, -0.25) is 14.3 Å². The summed E-state index contributed by atoms with van der Waals surface area (Å²) in [6, 6.07) is 6.90. The number of carbonyl (C=O) groups is 2.